The molecule has 1 amide bonds. The lowest BCUT2D eigenvalue weighted by Crippen LogP contribution is -2.32. The van der Waals surface area contributed by atoms with Crippen LogP contribution >= 0.6 is 0 Å². The maximum Gasteiger partial charge on any atom is 0.256 e. The van der Waals surface area contributed by atoms with Gasteiger partial charge in [0.2, 0.25) is 0 Å². The third kappa shape index (κ3) is 3.00. The van der Waals surface area contributed by atoms with Gasteiger partial charge in [0.1, 0.15) is 17.4 Å². The van der Waals surface area contributed by atoms with Crippen molar-refractivity contribution in [1.29, 1.82) is 0 Å². The third-order valence-electron chi connectivity index (χ3n) is 3.83. The van der Waals surface area contributed by atoms with Crippen molar-refractivity contribution >= 4 is 5.91 Å². The van der Waals surface area contributed by atoms with Crippen LogP contribution in [0.1, 0.15) is 28.4 Å². The van der Waals surface area contributed by atoms with Crippen LogP contribution in [0, 0.1) is 11.6 Å². The number of hydrogen-bond donors (Lipinski definition) is 2. The first-order valence-corrected chi connectivity index (χ1v) is 7.03. The Balaban J connectivity index is 1.97. The Labute approximate surface area is 130 Å². The van der Waals surface area contributed by atoms with Crippen molar-refractivity contribution in [2.24, 2.45) is 0 Å². The summed E-state index contributed by atoms with van der Waals surface area (Å²) in [4.78, 5) is 17.6. The number of nitrogens with zero attached hydrogens (tertiary/aromatic N) is 2. The Bertz CT molecular complexity index is 754. The molecule has 7 heteroatoms. The van der Waals surface area contributed by atoms with E-state index in [0.29, 0.717) is 0 Å². The number of rotatable bonds is 2. The van der Waals surface area contributed by atoms with Gasteiger partial charge in [-0.3, -0.25) is 9.78 Å². The number of β-amino-alcohol motifs (C(OH)–C–C–N with tert-alkyl or cyclic N) is 1. The number of aliphatic hydroxyl groups excluding tert-OH is 1. The molecule has 1 aromatic heterocycles. The van der Waals surface area contributed by atoms with Crippen molar-refractivity contribution in [1.82, 2.24) is 9.88 Å². The summed E-state index contributed by atoms with van der Waals surface area (Å²) < 4.78 is 27.4. The number of pyridine rings is 1. The van der Waals surface area contributed by atoms with Crippen LogP contribution in [0.25, 0.3) is 0 Å². The Hall–Kier alpha value is -2.54. The van der Waals surface area contributed by atoms with Crippen LogP contribution in [-0.4, -0.2) is 38.7 Å². The fourth-order valence-corrected chi connectivity index (χ4v) is 2.81. The van der Waals surface area contributed by atoms with E-state index in [1.54, 1.807) is 0 Å². The van der Waals surface area contributed by atoms with Gasteiger partial charge in [0, 0.05) is 18.3 Å². The summed E-state index contributed by atoms with van der Waals surface area (Å²) in [5, 5.41) is 19.3. The minimum absolute atomic E-state index is 0.00485. The van der Waals surface area contributed by atoms with Crippen molar-refractivity contribution in [2.75, 3.05) is 6.54 Å². The zero-order chi connectivity index (χ0) is 16.6. The van der Waals surface area contributed by atoms with Crippen LogP contribution in [-0.2, 0) is 0 Å². The molecular formula is C16H14F2N2O3. The molecule has 1 aliphatic rings. The molecule has 0 spiro atoms. The molecule has 23 heavy (non-hydrogen) atoms. The number of carbonyl (C=O) groups is 1. The van der Waals surface area contributed by atoms with E-state index in [4.69, 9.17) is 0 Å². The fraction of sp³-hybridized carbons (Fsp3) is 0.250. The third-order valence-corrected chi connectivity index (χ3v) is 3.83. The summed E-state index contributed by atoms with van der Waals surface area (Å²) in [5.41, 5.74) is 0.129. The topological polar surface area (TPSA) is 73.7 Å². The van der Waals surface area contributed by atoms with Gasteiger partial charge in [-0.25, -0.2) is 8.78 Å². The summed E-state index contributed by atoms with van der Waals surface area (Å²) in [5.74, 6) is -1.95. The van der Waals surface area contributed by atoms with Gasteiger partial charge >= 0.3 is 0 Å². The number of aromatic hydroxyl groups is 1. The molecule has 1 aliphatic heterocycles. The summed E-state index contributed by atoms with van der Waals surface area (Å²) in [6.45, 7) is -0.00485. The molecular weight excluding hydrogens is 306 g/mol. The molecule has 1 saturated heterocycles. The van der Waals surface area contributed by atoms with Crippen molar-refractivity contribution in [3.63, 3.8) is 0 Å². The van der Waals surface area contributed by atoms with Gasteiger partial charge in [0.15, 0.2) is 0 Å². The quantitative estimate of drug-likeness (QED) is 0.888. The van der Waals surface area contributed by atoms with Gasteiger partial charge in [-0.1, -0.05) is 0 Å². The van der Waals surface area contributed by atoms with E-state index in [2.05, 4.69) is 4.98 Å². The van der Waals surface area contributed by atoms with Gasteiger partial charge in [0.05, 0.1) is 23.9 Å². The number of benzene rings is 1. The molecule has 1 fully saturated rings. The average molecular weight is 320 g/mol. The van der Waals surface area contributed by atoms with Crippen LogP contribution < -0.4 is 0 Å². The molecule has 2 aromatic rings. The highest BCUT2D eigenvalue weighted by atomic mass is 19.1. The second-order valence-electron chi connectivity index (χ2n) is 5.46. The van der Waals surface area contributed by atoms with E-state index in [0.717, 1.165) is 18.2 Å². The lowest BCUT2D eigenvalue weighted by Gasteiger charge is -2.25. The summed E-state index contributed by atoms with van der Waals surface area (Å²) in [7, 11) is 0. The maximum atomic E-state index is 14.0. The molecule has 2 N–H and O–H groups in total. The molecule has 0 bridgehead atoms. The van der Waals surface area contributed by atoms with Gasteiger partial charge in [0.25, 0.3) is 5.91 Å². The zero-order valence-corrected chi connectivity index (χ0v) is 12.0. The number of amides is 1. The smallest absolute Gasteiger partial charge is 0.256 e. The molecule has 0 aliphatic carbocycles. The van der Waals surface area contributed by atoms with Crippen LogP contribution in [0.4, 0.5) is 8.78 Å². The molecule has 1 aromatic carbocycles. The van der Waals surface area contributed by atoms with Crippen LogP contribution in [0.15, 0.2) is 36.7 Å². The SMILES string of the molecule is O=C(c1cncc(O)c1)N1C[C@H](O)C[C@H]1c1cc(F)ccc1F. The van der Waals surface area contributed by atoms with E-state index in [-0.39, 0.29) is 29.8 Å². The summed E-state index contributed by atoms with van der Waals surface area (Å²) in [6, 6.07) is 3.47. The van der Waals surface area contributed by atoms with Gasteiger partial charge < -0.3 is 15.1 Å². The lowest BCUT2D eigenvalue weighted by atomic mass is 10.0. The number of aromatic nitrogens is 1. The van der Waals surface area contributed by atoms with Gasteiger partial charge in [-0.2, -0.15) is 0 Å². The highest BCUT2D eigenvalue weighted by molar-refractivity contribution is 5.94. The molecule has 120 valence electrons. The normalized spacial score (nSPS) is 20.7. The molecule has 2 atom stereocenters. The van der Waals surface area contributed by atoms with Crippen LogP contribution in [0.2, 0.25) is 0 Å². The number of likely N-dealkylation sites (tertiary alicyclic amines) is 1. The van der Waals surface area contributed by atoms with Gasteiger partial charge in [-0.15, -0.1) is 0 Å². The minimum atomic E-state index is -0.836. The first kappa shape index (κ1) is 15.4. The Morgan fingerprint density at radius 3 is 2.78 bits per heavy atom. The summed E-state index contributed by atoms with van der Waals surface area (Å²) >= 11 is 0. The molecule has 0 saturated carbocycles. The Morgan fingerprint density at radius 2 is 2.04 bits per heavy atom. The van der Waals surface area contributed by atoms with Gasteiger partial charge in [-0.05, 0) is 30.7 Å². The highest BCUT2D eigenvalue weighted by Crippen LogP contribution is 2.35. The predicted octanol–water partition coefficient (Wildman–Crippen LogP) is 2.01. The van der Waals surface area contributed by atoms with E-state index in [9.17, 15) is 23.8 Å². The highest BCUT2D eigenvalue weighted by Gasteiger charge is 2.37. The van der Waals surface area contributed by atoms with E-state index < -0.39 is 29.7 Å². The van der Waals surface area contributed by atoms with Crippen LogP contribution in [0.3, 0.4) is 0 Å². The summed E-state index contributed by atoms with van der Waals surface area (Å²) in [6.07, 6.45) is 1.72. The monoisotopic (exact) mass is 320 g/mol. The molecule has 5 nitrogen and oxygen atoms in total. The molecule has 0 radical (unpaired) electrons. The predicted molar refractivity (Wildman–Crippen MR) is 76.7 cm³/mol. The number of hydrogen-bond acceptors (Lipinski definition) is 4. The molecule has 0 unspecified atom stereocenters. The van der Waals surface area contributed by atoms with Crippen molar-refractivity contribution in [2.45, 2.75) is 18.6 Å². The maximum absolute atomic E-state index is 14.0. The van der Waals surface area contributed by atoms with E-state index >= 15 is 0 Å². The van der Waals surface area contributed by atoms with Crippen molar-refractivity contribution in [3.05, 3.63) is 59.4 Å². The molecule has 3 rings (SSSR count). The van der Waals surface area contributed by atoms with E-state index in [1.165, 1.54) is 23.4 Å². The van der Waals surface area contributed by atoms with E-state index in [1.807, 2.05) is 0 Å². The fourth-order valence-electron chi connectivity index (χ4n) is 2.81. The first-order valence-electron chi connectivity index (χ1n) is 7.03. The largest absolute Gasteiger partial charge is 0.506 e. The van der Waals surface area contributed by atoms with Crippen molar-refractivity contribution in [3.8, 4) is 5.75 Å². The second kappa shape index (κ2) is 5.92. The van der Waals surface area contributed by atoms with Crippen LogP contribution in [0.5, 0.6) is 5.75 Å². The zero-order valence-electron chi connectivity index (χ0n) is 12.0. The second-order valence-corrected chi connectivity index (χ2v) is 5.46. The lowest BCUT2D eigenvalue weighted by molar-refractivity contribution is 0.0713. The Kier molecular flexibility index (Phi) is 3.96. The first-order chi connectivity index (χ1) is 11.0. The standard InChI is InChI=1S/C16H14F2N2O3/c17-10-1-2-14(18)13(4-10)15-5-12(22)8-20(15)16(23)9-3-11(21)7-19-6-9/h1-4,6-7,12,15,21-22H,5,8H2/t12-,15+/m1/s1. The number of aliphatic hydroxyl groups is 1. The number of halogens is 2. The molecule has 2 heterocycles. The Morgan fingerprint density at radius 1 is 1.26 bits per heavy atom. The minimum Gasteiger partial charge on any atom is -0.506 e. The number of carbonyl (C=O) groups excluding carboxylic acids is 1. The van der Waals surface area contributed by atoms with Crippen molar-refractivity contribution < 1.29 is 23.8 Å². The average Bonchev–Trinajstić information content (AvgIpc) is 2.90.